The van der Waals surface area contributed by atoms with E-state index in [1.165, 1.54) is 0 Å². The second-order valence-corrected chi connectivity index (χ2v) is 5.58. The van der Waals surface area contributed by atoms with Crippen LogP contribution in [0.15, 0.2) is 0 Å². The first-order valence-corrected chi connectivity index (χ1v) is 5.33. The second-order valence-electron chi connectivity index (χ2n) is 0.425. The van der Waals surface area contributed by atoms with Gasteiger partial charge in [-0.1, -0.05) is 0 Å². The molecule has 70 valence electrons. The average Bonchev–Trinajstić information content (AvgIpc) is 1.25. The molecular weight excluding hydrogens is 257 g/mol. The Balaban J connectivity index is -0.0000000300. The molecule has 0 aromatic rings. The second kappa shape index (κ2) is 16.3. The van der Waals surface area contributed by atoms with E-state index in [9.17, 15) is 0 Å². The van der Waals surface area contributed by atoms with E-state index in [0.717, 1.165) is 0 Å². The maximum atomic E-state index is 8.56. The summed E-state index contributed by atoms with van der Waals surface area (Å²) in [6.45, 7) is 0. The molecule has 0 aliphatic heterocycles. The van der Waals surface area contributed by atoms with Gasteiger partial charge in [0.2, 0.25) is 0 Å². The molecule has 0 heterocycles. The molecule has 0 aromatic carbocycles. The van der Waals surface area contributed by atoms with Gasteiger partial charge in [-0.2, -0.15) is 0 Å². The Kier molecular flexibility index (Phi) is 36.5. The van der Waals surface area contributed by atoms with Crippen LogP contribution in [0.3, 0.4) is 0 Å². The summed E-state index contributed by atoms with van der Waals surface area (Å²) in [6, 6.07) is 0. The molecule has 0 saturated heterocycles. The van der Waals surface area contributed by atoms with Crippen LogP contribution < -0.4 is 0 Å². The van der Waals surface area contributed by atoms with Crippen LogP contribution in [0.5, 0.6) is 0 Å². The van der Waals surface area contributed by atoms with Gasteiger partial charge in [-0.05, 0) is 0 Å². The molecule has 0 spiro atoms. The molecular formula is CH6Cl3CoO5. The molecule has 0 amide bonds. The van der Waals surface area contributed by atoms with E-state index in [1.807, 2.05) is 0 Å². The van der Waals surface area contributed by atoms with E-state index in [-0.39, 0.29) is 11.0 Å². The molecule has 0 rings (SSSR count). The zero-order valence-corrected chi connectivity index (χ0v) is 7.58. The number of rotatable bonds is 0. The van der Waals surface area contributed by atoms with Gasteiger partial charge >= 0.3 is 47.5 Å². The molecule has 0 bridgehead atoms. The summed E-state index contributed by atoms with van der Waals surface area (Å²) in [5.74, 6) is 0. The molecule has 0 atom stereocenters. The molecule has 0 unspecified atom stereocenters. The van der Waals surface area contributed by atoms with Gasteiger partial charge < -0.3 is 21.2 Å². The Bertz CT molecular complexity index is 61.2. The van der Waals surface area contributed by atoms with Crippen molar-refractivity contribution in [3.63, 3.8) is 0 Å². The summed E-state index contributed by atoms with van der Waals surface area (Å²) < 4.78 is 0. The van der Waals surface area contributed by atoms with E-state index < -0.39 is 17.1 Å². The van der Waals surface area contributed by atoms with E-state index in [4.69, 9.17) is 45.4 Å². The first kappa shape index (κ1) is 22.4. The van der Waals surface area contributed by atoms with Crippen LogP contribution in [0.4, 0.5) is 4.79 Å². The number of hydrogen-bond acceptors (Lipinski definition) is 1. The molecule has 0 fully saturated rings. The van der Waals surface area contributed by atoms with Gasteiger partial charge in [0.05, 0.1) is 0 Å². The summed E-state index contributed by atoms with van der Waals surface area (Å²) in [5.41, 5.74) is 0. The van der Waals surface area contributed by atoms with Gasteiger partial charge in [0.25, 0.3) is 0 Å². The SMILES string of the molecule is O.O.O=C(O)O.[Cl][Co]([Cl])[Cl]. The minimum absolute atomic E-state index is 0. The van der Waals surface area contributed by atoms with Crippen molar-refractivity contribution in [2.24, 2.45) is 0 Å². The molecule has 0 saturated carbocycles. The maximum absolute atomic E-state index is 8.56. The van der Waals surface area contributed by atoms with Crippen molar-refractivity contribution in [1.82, 2.24) is 0 Å². The van der Waals surface area contributed by atoms with Crippen LogP contribution in [0, 0.1) is 0 Å². The fourth-order valence-electron chi connectivity index (χ4n) is 0. The fourth-order valence-corrected chi connectivity index (χ4v) is 0. The summed E-state index contributed by atoms with van der Waals surface area (Å²) in [4.78, 5) is 8.56. The van der Waals surface area contributed by atoms with Crippen LogP contribution in [-0.2, 0) is 10.9 Å². The van der Waals surface area contributed by atoms with Crippen molar-refractivity contribution in [2.75, 3.05) is 0 Å². The van der Waals surface area contributed by atoms with Gasteiger partial charge in [0, 0.05) is 0 Å². The van der Waals surface area contributed by atoms with Crippen molar-refractivity contribution in [2.45, 2.75) is 0 Å². The predicted molar refractivity (Wildman–Crippen MR) is 35.4 cm³/mol. The molecule has 0 radical (unpaired) electrons. The summed E-state index contributed by atoms with van der Waals surface area (Å²) in [5, 5.41) is 13.9. The predicted octanol–water partition coefficient (Wildman–Crippen LogP) is 0.639. The van der Waals surface area contributed by atoms with Crippen molar-refractivity contribution in [3.05, 3.63) is 0 Å². The monoisotopic (exact) mass is 262 g/mol. The van der Waals surface area contributed by atoms with Crippen LogP contribution in [-0.4, -0.2) is 27.3 Å². The van der Waals surface area contributed by atoms with Crippen LogP contribution >= 0.6 is 30.4 Å². The average molecular weight is 263 g/mol. The number of carboxylic acid groups (broad SMARTS) is 2. The Morgan fingerprint density at radius 3 is 1.10 bits per heavy atom. The van der Waals surface area contributed by atoms with E-state index >= 15 is 0 Å². The number of hydrogen-bond donors (Lipinski definition) is 2. The molecule has 5 nitrogen and oxygen atoms in total. The minimum atomic E-state index is -1.83. The Labute approximate surface area is 73.6 Å². The molecule has 0 aliphatic rings. The van der Waals surface area contributed by atoms with Crippen LogP contribution in [0.25, 0.3) is 0 Å². The van der Waals surface area contributed by atoms with E-state index in [2.05, 4.69) is 0 Å². The van der Waals surface area contributed by atoms with Gasteiger partial charge in [0.15, 0.2) is 0 Å². The van der Waals surface area contributed by atoms with Crippen LogP contribution in [0.2, 0.25) is 0 Å². The summed E-state index contributed by atoms with van der Waals surface area (Å²) in [7, 11) is 13.4. The van der Waals surface area contributed by atoms with Gasteiger partial charge in [-0.15, -0.1) is 0 Å². The van der Waals surface area contributed by atoms with Crippen molar-refractivity contribution in [1.29, 1.82) is 0 Å². The van der Waals surface area contributed by atoms with Crippen molar-refractivity contribution >= 4 is 36.6 Å². The normalized spacial score (nSPS) is 6.90. The summed E-state index contributed by atoms with van der Waals surface area (Å²) in [6.07, 6.45) is -1.83. The Morgan fingerprint density at radius 1 is 1.10 bits per heavy atom. The quantitative estimate of drug-likeness (QED) is 0.667. The fraction of sp³-hybridized carbons (Fsp3) is 0. The van der Waals surface area contributed by atoms with E-state index in [1.54, 1.807) is 0 Å². The van der Waals surface area contributed by atoms with Gasteiger partial charge in [-0.25, -0.2) is 4.79 Å². The van der Waals surface area contributed by atoms with Gasteiger partial charge in [-0.3, -0.25) is 0 Å². The third-order valence-corrected chi connectivity index (χ3v) is 0. The Hall–Kier alpha value is 0.566. The standard InChI is InChI=1S/CH2O3.3ClH.Co.2H2O/c2-1(3)4;;;;;;/h(H2,2,3,4);3*1H;;2*1H2/q;;;;+3;;/p-3. The molecule has 9 heteroatoms. The number of carbonyl (C=O) groups is 1. The van der Waals surface area contributed by atoms with Crippen molar-refractivity contribution in [3.8, 4) is 0 Å². The first-order chi connectivity index (χ1) is 3.46. The van der Waals surface area contributed by atoms with Gasteiger partial charge in [0.1, 0.15) is 0 Å². The molecule has 6 N–H and O–H groups in total. The van der Waals surface area contributed by atoms with Crippen LogP contribution in [0.1, 0.15) is 0 Å². The third-order valence-electron chi connectivity index (χ3n) is 0. The zero-order valence-electron chi connectivity index (χ0n) is 4.27. The molecule has 0 aliphatic carbocycles. The molecule has 10 heavy (non-hydrogen) atoms. The first-order valence-electron chi connectivity index (χ1n) is 1.03. The topological polar surface area (TPSA) is 121 Å². The molecule has 0 aromatic heterocycles. The zero-order chi connectivity index (χ0) is 7.15. The summed E-state index contributed by atoms with van der Waals surface area (Å²) >= 11 is 0. The number of halogens is 3. The third kappa shape index (κ3) is 1530. The van der Waals surface area contributed by atoms with E-state index in [0.29, 0.717) is 0 Å². The van der Waals surface area contributed by atoms with Crippen molar-refractivity contribution < 1.29 is 36.9 Å². The Morgan fingerprint density at radius 2 is 1.10 bits per heavy atom.